The summed E-state index contributed by atoms with van der Waals surface area (Å²) in [6, 6.07) is 5.65. The topological polar surface area (TPSA) is 49.9 Å². The van der Waals surface area contributed by atoms with Gasteiger partial charge in [-0.3, -0.25) is 0 Å². The molecule has 0 spiro atoms. The Morgan fingerprint density at radius 2 is 1.91 bits per heavy atom. The van der Waals surface area contributed by atoms with Crippen LogP contribution in [0.3, 0.4) is 0 Å². The maximum Gasteiger partial charge on any atom is 0.214 e. The van der Waals surface area contributed by atoms with Crippen molar-refractivity contribution in [3.63, 3.8) is 0 Å². The Bertz CT molecular complexity index is 599. The van der Waals surface area contributed by atoms with Gasteiger partial charge in [0.2, 0.25) is 10.0 Å². The minimum absolute atomic E-state index is 0.248. The Labute approximate surface area is 137 Å². The van der Waals surface area contributed by atoms with Gasteiger partial charge in [0.25, 0.3) is 0 Å². The van der Waals surface area contributed by atoms with Crippen LogP contribution in [0.15, 0.2) is 18.2 Å². The molecule has 0 amide bonds. The maximum absolute atomic E-state index is 12.2. The molecule has 2 rings (SSSR count). The normalized spacial score (nSPS) is 16.8. The highest BCUT2D eigenvalue weighted by atomic mass is 35.5. The second-order valence-electron chi connectivity index (χ2n) is 5.37. The Hall–Kier alpha value is -0.980. The van der Waals surface area contributed by atoms with Crippen LogP contribution in [0.1, 0.15) is 19.8 Å². The van der Waals surface area contributed by atoms with Crippen LogP contribution in [0, 0.1) is 0 Å². The molecule has 1 aromatic rings. The molecule has 0 N–H and O–H groups in total. The number of methoxy groups -OCH3 is 1. The quantitative estimate of drug-likeness (QED) is 0.794. The molecule has 22 heavy (non-hydrogen) atoms. The molecular formula is C15H23ClN2O3S. The van der Waals surface area contributed by atoms with Crippen LogP contribution in [0.5, 0.6) is 5.75 Å². The van der Waals surface area contributed by atoms with E-state index in [9.17, 15) is 8.42 Å². The third kappa shape index (κ3) is 4.06. The van der Waals surface area contributed by atoms with E-state index in [0.717, 1.165) is 18.5 Å². The maximum atomic E-state index is 12.2. The Morgan fingerprint density at radius 1 is 1.23 bits per heavy atom. The number of benzene rings is 1. The van der Waals surface area contributed by atoms with E-state index >= 15 is 0 Å². The smallest absolute Gasteiger partial charge is 0.214 e. The van der Waals surface area contributed by atoms with Gasteiger partial charge in [-0.1, -0.05) is 24.9 Å². The third-order valence-electron chi connectivity index (χ3n) is 3.89. The van der Waals surface area contributed by atoms with Gasteiger partial charge in [-0.2, -0.15) is 4.31 Å². The van der Waals surface area contributed by atoms with Crippen LogP contribution in [-0.4, -0.2) is 51.8 Å². The first-order valence-corrected chi connectivity index (χ1v) is 9.53. The first-order chi connectivity index (χ1) is 10.5. The van der Waals surface area contributed by atoms with Gasteiger partial charge >= 0.3 is 0 Å². The number of piperazine rings is 1. The molecule has 1 aliphatic rings. The number of nitrogens with zero attached hydrogens (tertiary/aromatic N) is 2. The molecule has 1 aliphatic heterocycles. The second-order valence-corrected chi connectivity index (χ2v) is 7.87. The number of ether oxygens (including phenoxy) is 1. The zero-order valence-electron chi connectivity index (χ0n) is 13.1. The van der Waals surface area contributed by atoms with Crippen molar-refractivity contribution >= 4 is 27.3 Å². The zero-order chi connectivity index (χ0) is 16.2. The van der Waals surface area contributed by atoms with E-state index in [1.807, 2.05) is 25.1 Å². The molecule has 7 heteroatoms. The molecule has 1 saturated heterocycles. The minimum Gasteiger partial charge on any atom is -0.495 e. The first kappa shape index (κ1) is 17.4. The van der Waals surface area contributed by atoms with E-state index in [-0.39, 0.29) is 5.75 Å². The average molecular weight is 347 g/mol. The lowest BCUT2D eigenvalue weighted by Crippen LogP contribution is -2.49. The average Bonchev–Trinajstić information content (AvgIpc) is 2.53. The summed E-state index contributed by atoms with van der Waals surface area (Å²) in [7, 11) is -1.53. The molecule has 0 aromatic heterocycles. The van der Waals surface area contributed by atoms with Gasteiger partial charge in [-0.05, 0) is 24.6 Å². The lowest BCUT2D eigenvalue weighted by Gasteiger charge is -2.35. The molecular weight excluding hydrogens is 324 g/mol. The number of hydrogen-bond donors (Lipinski definition) is 0. The highest BCUT2D eigenvalue weighted by Gasteiger charge is 2.26. The molecule has 0 saturated carbocycles. The van der Waals surface area contributed by atoms with E-state index in [2.05, 4.69) is 4.90 Å². The van der Waals surface area contributed by atoms with Crippen LogP contribution in [-0.2, 0) is 10.0 Å². The summed E-state index contributed by atoms with van der Waals surface area (Å²) in [6.07, 6.45) is 1.61. The number of hydrogen-bond acceptors (Lipinski definition) is 4. The second kappa shape index (κ2) is 7.53. The SMILES string of the molecule is CCCCS(=O)(=O)N1CCN(c2ccc(OC)c(Cl)c2)CC1. The number of halogens is 1. The van der Waals surface area contributed by atoms with Gasteiger partial charge in [0.1, 0.15) is 5.75 Å². The predicted octanol–water partition coefficient (Wildman–Crippen LogP) is 2.60. The molecule has 1 fully saturated rings. The molecule has 1 heterocycles. The van der Waals surface area contributed by atoms with Gasteiger partial charge in [-0.25, -0.2) is 8.42 Å². The van der Waals surface area contributed by atoms with Crippen molar-refractivity contribution in [3.05, 3.63) is 23.2 Å². The van der Waals surface area contributed by atoms with E-state index in [0.29, 0.717) is 37.0 Å². The lowest BCUT2D eigenvalue weighted by atomic mass is 10.2. The van der Waals surface area contributed by atoms with Crippen LogP contribution in [0.2, 0.25) is 5.02 Å². The fourth-order valence-electron chi connectivity index (χ4n) is 2.53. The molecule has 0 aliphatic carbocycles. The number of rotatable bonds is 6. The minimum atomic E-state index is -3.11. The van der Waals surface area contributed by atoms with Crippen LogP contribution in [0.25, 0.3) is 0 Å². The van der Waals surface area contributed by atoms with Gasteiger partial charge in [0.15, 0.2) is 0 Å². The van der Waals surface area contributed by atoms with Gasteiger partial charge in [-0.15, -0.1) is 0 Å². The summed E-state index contributed by atoms with van der Waals surface area (Å²) < 4.78 is 31.1. The zero-order valence-corrected chi connectivity index (χ0v) is 14.7. The van der Waals surface area contributed by atoms with E-state index < -0.39 is 10.0 Å². The van der Waals surface area contributed by atoms with Crippen LogP contribution in [0.4, 0.5) is 5.69 Å². The van der Waals surface area contributed by atoms with Gasteiger partial charge in [0, 0.05) is 31.9 Å². The number of unbranched alkanes of at least 4 members (excludes halogenated alkanes) is 1. The van der Waals surface area contributed by atoms with E-state index in [1.54, 1.807) is 11.4 Å². The number of sulfonamides is 1. The van der Waals surface area contributed by atoms with Gasteiger partial charge in [0.05, 0.1) is 17.9 Å². The van der Waals surface area contributed by atoms with Crippen LogP contribution < -0.4 is 9.64 Å². The largest absolute Gasteiger partial charge is 0.495 e. The Balaban J connectivity index is 1.99. The van der Waals surface area contributed by atoms with E-state index in [4.69, 9.17) is 16.3 Å². The van der Waals surface area contributed by atoms with Gasteiger partial charge < -0.3 is 9.64 Å². The monoisotopic (exact) mass is 346 g/mol. The standard InChI is InChI=1S/C15H23ClN2O3S/c1-3-4-11-22(19,20)18-9-7-17(8-10-18)13-5-6-15(21-2)14(16)12-13/h5-6,12H,3-4,7-11H2,1-2H3. The van der Waals surface area contributed by atoms with Crippen molar-refractivity contribution in [1.82, 2.24) is 4.31 Å². The fourth-order valence-corrected chi connectivity index (χ4v) is 4.42. The molecule has 1 aromatic carbocycles. The molecule has 5 nitrogen and oxygen atoms in total. The van der Waals surface area contributed by atoms with Crippen molar-refractivity contribution in [2.24, 2.45) is 0 Å². The van der Waals surface area contributed by atoms with Crippen molar-refractivity contribution in [1.29, 1.82) is 0 Å². The van der Waals surface area contributed by atoms with Crippen molar-refractivity contribution in [3.8, 4) is 5.75 Å². The summed E-state index contributed by atoms with van der Waals surface area (Å²) in [5, 5.41) is 0.568. The Morgan fingerprint density at radius 3 is 2.45 bits per heavy atom. The number of anilines is 1. The Kier molecular flexibility index (Phi) is 5.94. The summed E-state index contributed by atoms with van der Waals surface area (Å²) in [5.74, 6) is 0.893. The molecule has 124 valence electrons. The highest BCUT2D eigenvalue weighted by Crippen LogP contribution is 2.29. The van der Waals surface area contributed by atoms with Crippen molar-refractivity contribution in [2.75, 3.05) is 43.9 Å². The van der Waals surface area contributed by atoms with Crippen molar-refractivity contribution in [2.45, 2.75) is 19.8 Å². The molecule has 0 unspecified atom stereocenters. The summed E-state index contributed by atoms with van der Waals surface area (Å²) in [5.41, 5.74) is 0.997. The van der Waals surface area contributed by atoms with E-state index in [1.165, 1.54) is 0 Å². The lowest BCUT2D eigenvalue weighted by molar-refractivity contribution is 0.384. The third-order valence-corrected chi connectivity index (χ3v) is 6.14. The summed E-state index contributed by atoms with van der Waals surface area (Å²) >= 11 is 6.15. The van der Waals surface area contributed by atoms with Crippen LogP contribution >= 0.6 is 11.6 Å². The van der Waals surface area contributed by atoms with Crippen molar-refractivity contribution < 1.29 is 13.2 Å². The summed E-state index contributed by atoms with van der Waals surface area (Å²) in [6.45, 7) is 4.40. The molecule has 0 atom stereocenters. The fraction of sp³-hybridized carbons (Fsp3) is 0.600. The highest BCUT2D eigenvalue weighted by molar-refractivity contribution is 7.89. The molecule has 0 bridgehead atoms. The predicted molar refractivity (Wildman–Crippen MR) is 90.5 cm³/mol. The first-order valence-electron chi connectivity index (χ1n) is 7.54. The summed E-state index contributed by atoms with van der Waals surface area (Å²) in [4.78, 5) is 2.15. The molecule has 0 radical (unpaired) electrons.